The number of hydrogen-bond acceptors (Lipinski definition) is 9. The number of amides is 4. The molecule has 0 saturated carbocycles. The molecule has 4 aromatic rings. The highest BCUT2D eigenvalue weighted by molar-refractivity contribution is 6.23. The smallest absolute Gasteiger partial charge is 0.331 e. The van der Waals surface area contributed by atoms with Gasteiger partial charge < -0.3 is 25.4 Å². The number of carbonyl (C=O) groups is 3. The van der Waals surface area contributed by atoms with E-state index in [2.05, 4.69) is 30.8 Å². The van der Waals surface area contributed by atoms with E-state index in [9.17, 15) is 23.9 Å². The van der Waals surface area contributed by atoms with Crippen LogP contribution in [0.1, 0.15) is 20.8 Å². The summed E-state index contributed by atoms with van der Waals surface area (Å²) in [5.74, 6) is -1.67. The molecule has 4 heterocycles. The molecule has 0 radical (unpaired) electrons. The highest BCUT2D eigenvalue weighted by atomic mass is 19.1. The average molecular weight is 577 g/mol. The minimum Gasteiger partial charge on any atom is -0.455 e. The number of hydrogen-bond donors (Lipinski definition) is 4. The first-order chi connectivity index (χ1) is 20.2. The molecule has 1 aliphatic rings. The number of fused-ring (bicyclic) bond motifs is 1. The maximum Gasteiger partial charge on any atom is 0.331 e. The van der Waals surface area contributed by atoms with Crippen molar-refractivity contribution in [3.05, 3.63) is 60.7 Å². The quantitative estimate of drug-likeness (QED) is 0.218. The van der Waals surface area contributed by atoms with Gasteiger partial charge in [-0.3, -0.25) is 14.7 Å². The predicted molar refractivity (Wildman–Crippen MR) is 152 cm³/mol. The molecule has 3 aromatic heterocycles. The van der Waals surface area contributed by atoms with Gasteiger partial charge in [0.15, 0.2) is 11.5 Å². The van der Waals surface area contributed by atoms with E-state index in [1.165, 1.54) is 29.3 Å². The molecule has 4 amide bonds. The number of pyridine rings is 2. The SMILES string of the molecule is CC(C)N1CC(C(=O)Nc2ccc(Oc3ccnc4[nH]nc(N[C@H](C)CO)c34)cn2)C(=O)N(c2ccc(F)cc2)C1=O. The zero-order valence-electron chi connectivity index (χ0n) is 23.0. The summed E-state index contributed by atoms with van der Waals surface area (Å²) in [4.78, 5) is 50.5. The van der Waals surface area contributed by atoms with Crippen LogP contribution in [0.3, 0.4) is 0 Å². The number of imide groups is 1. The molecule has 42 heavy (non-hydrogen) atoms. The summed E-state index contributed by atoms with van der Waals surface area (Å²) in [6.45, 7) is 5.14. The van der Waals surface area contributed by atoms with Gasteiger partial charge in [0.05, 0.1) is 18.5 Å². The normalized spacial score (nSPS) is 16.2. The summed E-state index contributed by atoms with van der Waals surface area (Å²) in [6.07, 6.45) is 2.96. The number of urea groups is 1. The number of aliphatic hydroxyl groups is 1. The number of H-pyrrole nitrogens is 1. The Balaban J connectivity index is 1.32. The van der Waals surface area contributed by atoms with Gasteiger partial charge in [-0.25, -0.2) is 24.1 Å². The molecule has 1 unspecified atom stereocenters. The summed E-state index contributed by atoms with van der Waals surface area (Å²) in [5, 5.41) is 22.7. The number of rotatable bonds is 9. The second-order valence-corrected chi connectivity index (χ2v) is 10.0. The monoisotopic (exact) mass is 576 g/mol. The molecule has 13 nitrogen and oxygen atoms in total. The summed E-state index contributed by atoms with van der Waals surface area (Å²) in [5.41, 5.74) is 0.652. The fourth-order valence-electron chi connectivity index (χ4n) is 4.43. The largest absolute Gasteiger partial charge is 0.455 e. The first-order valence-corrected chi connectivity index (χ1v) is 13.2. The Morgan fingerprint density at radius 2 is 1.90 bits per heavy atom. The molecule has 1 aliphatic heterocycles. The Morgan fingerprint density at radius 3 is 2.57 bits per heavy atom. The summed E-state index contributed by atoms with van der Waals surface area (Å²) in [6, 6.07) is 8.55. The molecule has 1 fully saturated rings. The van der Waals surface area contributed by atoms with E-state index in [0.29, 0.717) is 28.4 Å². The van der Waals surface area contributed by atoms with Crippen LogP contribution in [-0.2, 0) is 9.59 Å². The fraction of sp³-hybridized carbons (Fsp3) is 0.286. The van der Waals surface area contributed by atoms with E-state index in [4.69, 9.17) is 4.74 Å². The maximum atomic E-state index is 13.5. The third-order valence-electron chi connectivity index (χ3n) is 6.65. The molecule has 0 spiro atoms. The molecular weight excluding hydrogens is 547 g/mol. The van der Waals surface area contributed by atoms with Crippen molar-refractivity contribution in [1.29, 1.82) is 0 Å². The van der Waals surface area contributed by atoms with Gasteiger partial charge in [-0.1, -0.05) is 0 Å². The number of halogens is 1. The Morgan fingerprint density at radius 1 is 1.14 bits per heavy atom. The number of nitrogens with one attached hydrogen (secondary N) is 3. The highest BCUT2D eigenvalue weighted by Gasteiger charge is 2.44. The zero-order valence-corrected chi connectivity index (χ0v) is 23.0. The minimum absolute atomic E-state index is 0.0928. The van der Waals surface area contributed by atoms with Crippen LogP contribution in [0.25, 0.3) is 11.0 Å². The van der Waals surface area contributed by atoms with Crippen LogP contribution >= 0.6 is 0 Å². The predicted octanol–water partition coefficient (Wildman–Crippen LogP) is 3.51. The second kappa shape index (κ2) is 11.8. The van der Waals surface area contributed by atoms with Crippen molar-refractivity contribution in [2.75, 3.05) is 28.7 Å². The summed E-state index contributed by atoms with van der Waals surface area (Å²) >= 11 is 0. The lowest BCUT2D eigenvalue weighted by atomic mass is 10.0. The number of nitrogens with zero attached hydrogens (tertiary/aromatic N) is 5. The molecule has 1 saturated heterocycles. The number of aromatic nitrogens is 4. The van der Waals surface area contributed by atoms with Gasteiger partial charge in [-0.2, -0.15) is 5.10 Å². The molecule has 14 heteroatoms. The Kier molecular flexibility index (Phi) is 7.97. The van der Waals surface area contributed by atoms with E-state index in [1.54, 1.807) is 39.1 Å². The van der Waals surface area contributed by atoms with Crippen LogP contribution in [0.5, 0.6) is 11.5 Å². The van der Waals surface area contributed by atoms with Crippen molar-refractivity contribution >= 4 is 46.2 Å². The van der Waals surface area contributed by atoms with Gasteiger partial charge in [0, 0.05) is 30.9 Å². The lowest BCUT2D eigenvalue weighted by Crippen LogP contribution is -2.61. The lowest BCUT2D eigenvalue weighted by molar-refractivity contribution is -0.132. The molecule has 2 atom stereocenters. The molecule has 5 rings (SSSR count). The van der Waals surface area contributed by atoms with Gasteiger partial charge in [0.2, 0.25) is 11.8 Å². The van der Waals surface area contributed by atoms with Gasteiger partial charge >= 0.3 is 6.03 Å². The van der Waals surface area contributed by atoms with Crippen LogP contribution in [0, 0.1) is 11.7 Å². The van der Waals surface area contributed by atoms with Crippen LogP contribution < -0.4 is 20.3 Å². The molecule has 218 valence electrons. The molecule has 0 bridgehead atoms. The van der Waals surface area contributed by atoms with E-state index < -0.39 is 29.6 Å². The van der Waals surface area contributed by atoms with E-state index in [1.807, 2.05) is 0 Å². The van der Waals surface area contributed by atoms with Gasteiger partial charge in [-0.15, -0.1) is 0 Å². The van der Waals surface area contributed by atoms with Crippen LogP contribution in [0.15, 0.2) is 54.9 Å². The number of anilines is 3. The standard InChI is InChI=1S/C28H29FN8O5/c1-15(2)36-13-20(27(40)37(28(36)41)18-6-4-17(29)5-7-18)26(39)33-22-9-8-19(12-31-22)42-21-10-11-30-24-23(21)25(35-34-24)32-16(3)14-38/h4-12,15-16,20,38H,13-14H2,1-3H3,(H,31,33,39)(H2,30,32,34,35)/t16-,20?/m1/s1. The Labute approximate surface area is 239 Å². The van der Waals surface area contributed by atoms with Crippen molar-refractivity contribution in [1.82, 2.24) is 25.1 Å². The van der Waals surface area contributed by atoms with Gasteiger partial charge in [0.1, 0.15) is 34.4 Å². The topological polar surface area (TPSA) is 166 Å². The number of aromatic amines is 1. The third kappa shape index (κ3) is 5.69. The summed E-state index contributed by atoms with van der Waals surface area (Å²) < 4.78 is 19.5. The summed E-state index contributed by atoms with van der Waals surface area (Å²) in [7, 11) is 0. The van der Waals surface area contributed by atoms with E-state index in [-0.39, 0.29) is 36.7 Å². The average Bonchev–Trinajstić information content (AvgIpc) is 3.38. The Bertz CT molecular complexity index is 1610. The highest BCUT2D eigenvalue weighted by Crippen LogP contribution is 2.33. The van der Waals surface area contributed by atoms with Crippen molar-refractivity contribution in [2.45, 2.75) is 32.9 Å². The number of carbonyl (C=O) groups excluding carboxylic acids is 3. The van der Waals surface area contributed by atoms with Gasteiger partial charge in [0.25, 0.3) is 0 Å². The van der Waals surface area contributed by atoms with Crippen molar-refractivity contribution < 1.29 is 28.6 Å². The number of benzene rings is 1. The van der Waals surface area contributed by atoms with E-state index >= 15 is 0 Å². The number of ether oxygens (including phenoxy) is 1. The fourth-order valence-corrected chi connectivity index (χ4v) is 4.43. The molecule has 4 N–H and O–H groups in total. The van der Waals surface area contributed by atoms with Crippen LogP contribution in [0.2, 0.25) is 0 Å². The van der Waals surface area contributed by atoms with Crippen molar-refractivity contribution in [3.8, 4) is 11.5 Å². The third-order valence-corrected chi connectivity index (χ3v) is 6.65. The number of aliphatic hydroxyl groups excluding tert-OH is 1. The molecule has 1 aromatic carbocycles. The zero-order chi connectivity index (χ0) is 30.0. The van der Waals surface area contributed by atoms with E-state index in [0.717, 1.165) is 17.0 Å². The maximum absolute atomic E-state index is 13.5. The lowest BCUT2D eigenvalue weighted by Gasteiger charge is -2.39. The molecule has 0 aliphatic carbocycles. The van der Waals surface area contributed by atoms with Crippen LogP contribution in [-0.4, -0.2) is 73.3 Å². The van der Waals surface area contributed by atoms with Crippen molar-refractivity contribution in [3.63, 3.8) is 0 Å². The second-order valence-electron chi connectivity index (χ2n) is 10.0. The Hall–Kier alpha value is -5.11. The molecular formula is C28H29FN8O5. The first kappa shape index (κ1) is 28.4. The first-order valence-electron chi connectivity index (χ1n) is 13.2. The minimum atomic E-state index is -1.22. The van der Waals surface area contributed by atoms with Gasteiger partial charge in [-0.05, 0) is 57.2 Å². The van der Waals surface area contributed by atoms with Crippen LogP contribution in [0.4, 0.5) is 26.5 Å². The van der Waals surface area contributed by atoms with Crippen molar-refractivity contribution in [2.24, 2.45) is 5.92 Å².